The van der Waals surface area contributed by atoms with Gasteiger partial charge in [0.15, 0.2) is 5.82 Å². The summed E-state index contributed by atoms with van der Waals surface area (Å²) in [6, 6.07) is 2.61. The van der Waals surface area contributed by atoms with E-state index < -0.39 is 5.82 Å². The summed E-state index contributed by atoms with van der Waals surface area (Å²) in [6.45, 7) is 1.05. The molecule has 0 atom stereocenters. The van der Waals surface area contributed by atoms with Crippen molar-refractivity contribution in [3.63, 3.8) is 0 Å². The van der Waals surface area contributed by atoms with Gasteiger partial charge in [0.1, 0.15) is 5.82 Å². The number of nitrogen functional groups attached to an aromatic ring is 1. The first kappa shape index (κ1) is 12.9. The molecule has 7 heteroatoms. The van der Waals surface area contributed by atoms with Crippen LogP contribution < -0.4 is 5.73 Å². The van der Waals surface area contributed by atoms with E-state index >= 15 is 0 Å². The molecule has 19 heavy (non-hydrogen) atoms. The van der Waals surface area contributed by atoms with Gasteiger partial charge in [-0.15, -0.1) is 5.10 Å². The second-order valence-corrected chi connectivity index (χ2v) is 5.50. The van der Waals surface area contributed by atoms with Crippen LogP contribution in [0.15, 0.2) is 16.6 Å². The summed E-state index contributed by atoms with van der Waals surface area (Å²) in [5.41, 5.74) is 8.31. The summed E-state index contributed by atoms with van der Waals surface area (Å²) in [6.07, 6.45) is 0.694. The fourth-order valence-electron chi connectivity index (χ4n) is 2.18. The molecule has 3 rings (SSSR count). The molecule has 0 saturated heterocycles. The molecule has 0 bridgehead atoms. The molecule has 1 aromatic carbocycles. The second-order valence-electron chi connectivity index (χ2n) is 4.24. The summed E-state index contributed by atoms with van der Waals surface area (Å²) in [5.74, 6) is 0.0138. The highest BCUT2D eigenvalue weighted by Crippen LogP contribution is 2.33. The van der Waals surface area contributed by atoms with E-state index in [4.69, 9.17) is 22.1 Å². The number of nitrogens with zero attached hydrogens (tertiary/aromatic N) is 2. The molecule has 2 aromatic rings. The fraction of sp³-hybridized carbons (Fsp3) is 0.250. The molecule has 0 amide bonds. The van der Waals surface area contributed by atoms with Crippen molar-refractivity contribution >= 4 is 33.3 Å². The highest BCUT2D eigenvalue weighted by molar-refractivity contribution is 9.10. The van der Waals surface area contributed by atoms with Gasteiger partial charge in [0.25, 0.3) is 0 Å². The third-order valence-corrected chi connectivity index (χ3v) is 3.94. The van der Waals surface area contributed by atoms with Crippen molar-refractivity contribution < 1.29 is 9.13 Å². The Labute approximate surface area is 122 Å². The third kappa shape index (κ3) is 2.13. The van der Waals surface area contributed by atoms with Crippen LogP contribution in [0.5, 0.6) is 0 Å². The summed E-state index contributed by atoms with van der Waals surface area (Å²) < 4.78 is 20.8. The number of aromatic nitrogens is 2. The zero-order chi connectivity index (χ0) is 13.6. The maximum absolute atomic E-state index is 13.3. The number of fused-ring (bicyclic) bond motifs is 1. The SMILES string of the molecule is Nc1nn(-c2c(Cl)cc(F)cc2Br)c2c1COCC2. The van der Waals surface area contributed by atoms with Gasteiger partial charge in [-0.1, -0.05) is 11.6 Å². The smallest absolute Gasteiger partial charge is 0.151 e. The molecule has 4 nitrogen and oxygen atoms in total. The van der Waals surface area contributed by atoms with E-state index in [2.05, 4.69) is 21.0 Å². The summed E-state index contributed by atoms with van der Waals surface area (Å²) in [4.78, 5) is 0. The molecule has 1 aromatic heterocycles. The Balaban J connectivity index is 2.23. The van der Waals surface area contributed by atoms with Crippen molar-refractivity contribution in [3.05, 3.63) is 38.7 Å². The Morgan fingerprint density at radius 3 is 3.00 bits per heavy atom. The number of anilines is 1. The van der Waals surface area contributed by atoms with Crippen molar-refractivity contribution in [1.82, 2.24) is 9.78 Å². The van der Waals surface area contributed by atoms with Gasteiger partial charge in [-0.3, -0.25) is 0 Å². The first-order valence-electron chi connectivity index (χ1n) is 5.67. The lowest BCUT2D eigenvalue weighted by Crippen LogP contribution is -2.13. The van der Waals surface area contributed by atoms with Crippen LogP contribution >= 0.6 is 27.5 Å². The zero-order valence-electron chi connectivity index (χ0n) is 9.79. The minimum Gasteiger partial charge on any atom is -0.382 e. The van der Waals surface area contributed by atoms with Gasteiger partial charge in [0, 0.05) is 16.5 Å². The quantitative estimate of drug-likeness (QED) is 0.863. The molecule has 0 aliphatic carbocycles. The van der Waals surface area contributed by atoms with E-state index in [-0.39, 0.29) is 5.02 Å². The van der Waals surface area contributed by atoms with Crippen LogP contribution in [-0.2, 0) is 17.8 Å². The number of nitrogens with two attached hydrogens (primary N) is 1. The second kappa shape index (κ2) is 4.77. The molecule has 0 saturated carbocycles. The fourth-order valence-corrected chi connectivity index (χ4v) is 3.18. The summed E-state index contributed by atoms with van der Waals surface area (Å²) in [7, 11) is 0. The maximum atomic E-state index is 13.3. The predicted molar refractivity (Wildman–Crippen MR) is 74.0 cm³/mol. The molecular formula is C12H10BrClFN3O. The average Bonchev–Trinajstić information content (AvgIpc) is 2.67. The lowest BCUT2D eigenvalue weighted by atomic mass is 10.1. The van der Waals surface area contributed by atoms with Crippen molar-refractivity contribution in [3.8, 4) is 5.69 Å². The molecule has 1 aliphatic heterocycles. The highest BCUT2D eigenvalue weighted by Gasteiger charge is 2.23. The number of benzene rings is 1. The lowest BCUT2D eigenvalue weighted by Gasteiger charge is -2.16. The maximum Gasteiger partial charge on any atom is 0.151 e. The van der Waals surface area contributed by atoms with Gasteiger partial charge in [-0.2, -0.15) is 0 Å². The number of hydrogen-bond donors (Lipinski definition) is 1. The van der Waals surface area contributed by atoms with Gasteiger partial charge in [-0.05, 0) is 28.1 Å². The molecule has 2 N–H and O–H groups in total. The molecule has 0 spiro atoms. The van der Waals surface area contributed by atoms with Crippen LogP contribution in [0, 0.1) is 5.82 Å². The topological polar surface area (TPSA) is 53.1 Å². The Morgan fingerprint density at radius 1 is 1.47 bits per heavy atom. The van der Waals surface area contributed by atoms with Gasteiger partial charge in [0.05, 0.1) is 29.6 Å². The van der Waals surface area contributed by atoms with Crippen LogP contribution in [0.4, 0.5) is 10.2 Å². The minimum atomic E-state index is -0.405. The average molecular weight is 347 g/mol. The van der Waals surface area contributed by atoms with E-state index in [1.54, 1.807) is 4.68 Å². The number of halogens is 3. The van der Waals surface area contributed by atoms with Crippen LogP contribution in [0.25, 0.3) is 5.69 Å². The van der Waals surface area contributed by atoms with Gasteiger partial charge in [0.2, 0.25) is 0 Å². The Hall–Kier alpha value is -1.11. The predicted octanol–water partition coefficient (Wildman–Crippen LogP) is 3.08. The van der Waals surface area contributed by atoms with E-state index in [0.717, 1.165) is 11.3 Å². The third-order valence-electron chi connectivity index (χ3n) is 3.04. The highest BCUT2D eigenvalue weighted by atomic mass is 79.9. The molecule has 0 radical (unpaired) electrons. The number of hydrogen-bond acceptors (Lipinski definition) is 3. The summed E-state index contributed by atoms with van der Waals surface area (Å²) in [5, 5.41) is 4.57. The van der Waals surface area contributed by atoms with Crippen molar-refractivity contribution in [2.45, 2.75) is 13.0 Å². The van der Waals surface area contributed by atoms with Gasteiger partial charge in [-0.25, -0.2) is 9.07 Å². The van der Waals surface area contributed by atoms with Crippen molar-refractivity contribution in [2.75, 3.05) is 12.3 Å². The van der Waals surface area contributed by atoms with E-state index in [1.165, 1.54) is 12.1 Å². The van der Waals surface area contributed by atoms with Crippen LogP contribution in [0.2, 0.25) is 5.02 Å². The van der Waals surface area contributed by atoms with Crippen LogP contribution in [0.1, 0.15) is 11.3 Å². The molecular weight excluding hydrogens is 337 g/mol. The largest absolute Gasteiger partial charge is 0.382 e. The van der Waals surface area contributed by atoms with E-state index in [0.29, 0.717) is 35.6 Å². The van der Waals surface area contributed by atoms with Gasteiger partial charge < -0.3 is 10.5 Å². The molecule has 0 fully saturated rings. The van der Waals surface area contributed by atoms with E-state index in [1.807, 2.05) is 0 Å². The summed E-state index contributed by atoms with van der Waals surface area (Å²) >= 11 is 9.43. The Bertz CT molecular complexity index is 636. The monoisotopic (exact) mass is 345 g/mol. The lowest BCUT2D eigenvalue weighted by molar-refractivity contribution is 0.110. The molecule has 1 aliphatic rings. The number of ether oxygens (including phenoxy) is 1. The zero-order valence-corrected chi connectivity index (χ0v) is 12.1. The first-order valence-corrected chi connectivity index (χ1v) is 6.84. The molecule has 0 unspecified atom stereocenters. The molecule has 100 valence electrons. The number of rotatable bonds is 1. The standard InChI is InChI=1S/C12H10BrClFN3O/c13-8-3-6(15)4-9(14)11(8)18-10-1-2-19-5-7(10)12(16)17-18/h3-4H,1-2,5H2,(H2,16,17). The normalized spacial score (nSPS) is 14.5. The first-order chi connectivity index (χ1) is 9.08. The van der Waals surface area contributed by atoms with Crippen molar-refractivity contribution in [2.24, 2.45) is 0 Å². The molecule has 2 heterocycles. The van der Waals surface area contributed by atoms with E-state index in [9.17, 15) is 4.39 Å². The van der Waals surface area contributed by atoms with Gasteiger partial charge >= 0.3 is 0 Å². The van der Waals surface area contributed by atoms with Crippen LogP contribution in [0.3, 0.4) is 0 Å². The van der Waals surface area contributed by atoms with Crippen LogP contribution in [-0.4, -0.2) is 16.4 Å². The Morgan fingerprint density at radius 2 is 2.26 bits per heavy atom. The van der Waals surface area contributed by atoms with Crippen molar-refractivity contribution in [1.29, 1.82) is 0 Å². The minimum absolute atomic E-state index is 0.281. The Kier molecular flexibility index (Phi) is 3.24.